The van der Waals surface area contributed by atoms with Gasteiger partial charge in [0.25, 0.3) is 5.91 Å². The number of halogens is 1. The van der Waals surface area contributed by atoms with Crippen molar-refractivity contribution in [1.29, 1.82) is 0 Å². The predicted octanol–water partition coefficient (Wildman–Crippen LogP) is 2.20. The van der Waals surface area contributed by atoms with Crippen molar-refractivity contribution in [1.82, 2.24) is 16.0 Å². The van der Waals surface area contributed by atoms with Crippen molar-refractivity contribution < 1.29 is 4.79 Å². The Hall–Kier alpha value is -0.830. The van der Waals surface area contributed by atoms with Crippen LogP contribution in [0.2, 0.25) is 0 Å². The minimum Gasteiger partial charge on any atom is -0.357 e. The second-order valence-corrected chi connectivity index (χ2v) is 5.71. The highest BCUT2D eigenvalue weighted by atomic mass is 127. The molecular formula is C14H23IN4OS. The fraction of sp³-hybridized carbons (Fsp3) is 0.571. The molecule has 7 heteroatoms. The van der Waals surface area contributed by atoms with E-state index in [9.17, 15) is 4.79 Å². The van der Waals surface area contributed by atoms with Gasteiger partial charge in [0, 0.05) is 25.7 Å². The van der Waals surface area contributed by atoms with Crippen LogP contribution < -0.4 is 16.0 Å². The lowest BCUT2D eigenvalue weighted by molar-refractivity contribution is 0.0957. The molecule has 1 aromatic heterocycles. The molecule has 0 unspecified atom stereocenters. The summed E-state index contributed by atoms with van der Waals surface area (Å²) < 4.78 is 0. The maximum Gasteiger partial charge on any atom is 0.261 e. The molecule has 0 saturated heterocycles. The van der Waals surface area contributed by atoms with E-state index in [2.05, 4.69) is 27.9 Å². The highest BCUT2D eigenvalue weighted by Gasteiger charge is 2.21. The number of thiophene rings is 1. The lowest BCUT2D eigenvalue weighted by atomic mass is 10.4. The summed E-state index contributed by atoms with van der Waals surface area (Å²) in [5.74, 6) is 0.895. The molecule has 0 aliphatic heterocycles. The number of aliphatic imine (C=N–C) groups is 1. The van der Waals surface area contributed by atoms with E-state index in [-0.39, 0.29) is 29.9 Å². The molecule has 3 N–H and O–H groups in total. The summed E-state index contributed by atoms with van der Waals surface area (Å²) in [6.45, 7) is 4.30. The zero-order chi connectivity index (χ0) is 14.2. The van der Waals surface area contributed by atoms with E-state index in [1.54, 1.807) is 0 Å². The summed E-state index contributed by atoms with van der Waals surface area (Å²) in [6, 6.07) is 4.32. The van der Waals surface area contributed by atoms with Crippen LogP contribution >= 0.6 is 35.3 Å². The van der Waals surface area contributed by atoms with Gasteiger partial charge in [-0.1, -0.05) is 6.07 Å². The SMILES string of the molecule is CCNC(=NCCCNC(=O)c1cccs1)NC1CC1.I. The molecule has 0 spiro atoms. The van der Waals surface area contributed by atoms with Gasteiger partial charge in [0.05, 0.1) is 4.88 Å². The number of hydrogen-bond acceptors (Lipinski definition) is 3. The summed E-state index contributed by atoms with van der Waals surface area (Å²) >= 11 is 1.46. The number of carbonyl (C=O) groups is 1. The van der Waals surface area contributed by atoms with Crippen molar-refractivity contribution in [3.05, 3.63) is 22.4 Å². The lowest BCUT2D eigenvalue weighted by Gasteiger charge is -2.10. The Labute approximate surface area is 147 Å². The molecule has 0 radical (unpaired) electrons. The third-order valence-corrected chi connectivity index (χ3v) is 3.77. The molecule has 0 atom stereocenters. The molecule has 1 amide bonds. The van der Waals surface area contributed by atoms with Crippen LogP contribution in [0.15, 0.2) is 22.5 Å². The molecule has 1 aromatic rings. The Kier molecular flexibility index (Phi) is 8.67. The van der Waals surface area contributed by atoms with Crippen molar-refractivity contribution in [3.8, 4) is 0 Å². The number of nitrogens with zero attached hydrogens (tertiary/aromatic N) is 1. The predicted molar refractivity (Wildman–Crippen MR) is 98.8 cm³/mol. The molecular weight excluding hydrogens is 399 g/mol. The third-order valence-electron chi connectivity index (χ3n) is 2.90. The van der Waals surface area contributed by atoms with E-state index in [4.69, 9.17) is 0 Å². The van der Waals surface area contributed by atoms with Crippen molar-refractivity contribution in [3.63, 3.8) is 0 Å². The number of carbonyl (C=O) groups excluding carboxylic acids is 1. The Morgan fingerprint density at radius 2 is 2.24 bits per heavy atom. The van der Waals surface area contributed by atoms with Crippen LogP contribution in [0.25, 0.3) is 0 Å². The van der Waals surface area contributed by atoms with Gasteiger partial charge in [0.1, 0.15) is 0 Å². The maximum absolute atomic E-state index is 11.7. The fourth-order valence-corrected chi connectivity index (χ4v) is 2.35. The fourth-order valence-electron chi connectivity index (χ4n) is 1.71. The summed E-state index contributed by atoms with van der Waals surface area (Å²) in [5.41, 5.74) is 0. The van der Waals surface area contributed by atoms with Gasteiger partial charge in [-0.15, -0.1) is 35.3 Å². The molecule has 2 rings (SSSR count). The Morgan fingerprint density at radius 3 is 2.86 bits per heavy atom. The average Bonchev–Trinajstić information content (AvgIpc) is 3.08. The van der Waals surface area contributed by atoms with E-state index in [0.717, 1.165) is 23.8 Å². The second kappa shape index (κ2) is 9.99. The van der Waals surface area contributed by atoms with Crippen molar-refractivity contribution in [2.45, 2.75) is 32.2 Å². The van der Waals surface area contributed by atoms with Crippen molar-refractivity contribution in [2.75, 3.05) is 19.6 Å². The van der Waals surface area contributed by atoms with Crippen molar-refractivity contribution >= 4 is 47.2 Å². The molecule has 21 heavy (non-hydrogen) atoms. The molecule has 1 aliphatic rings. The van der Waals surface area contributed by atoms with E-state index in [0.29, 0.717) is 19.1 Å². The quantitative estimate of drug-likeness (QED) is 0.273. The summed E-state index contributed by atoms with van der Waals surface area (Å²) in [5, 5.41) is 11.4. The smallest absolute Gasteiger partial charge is 0.261 e. The molecule has 1 saturated carbocycles. The van der Waals surface area contributed by atoms with Gasteiger partial charge in [-0.3, -0.25) is 9.79 Å². The van der Waals surface area contributed by atoms with Gasteiger partial charge in [-0.05, 0) is 37.6 Å². The zero-order valence-corrected chi connectivity index (χ0v) is 15.4. The standard InChI is InChI=1S/C14H22N4OS.HI/c1-2-15-14(18-11-6-7-11)17-9-4-8-16-13(19)12-5-3-10-20-12;/h3,5,10-11H,2,4,6-9H2,1H3,(H,16,19)(H2,15,17,18);1H. The summed E-state index contributed by atoms with van der Waals surface area (Å²) in [7, 11) is 0. The van der Waals surface area contributed by atoms with E-state index in [1.807, 2.05) is 17.5 Å². The highest BCUT2D eigenvalue weighted by Crippen LogP contribution is 2.18. The Bertz CT molecular complexity index is 446. The largest absolute Gasteiger partial charge is 0.357 e. The summed E-state index contributed by atoms with van der Waals surface area (Å²) in [4.78, 5) is 17.0. The first-order chi connectivity index (χ1) is 9.79. The first-order valence-electron chi connectivity index (χ1n) is 7.16. The number of amides is 1. The molecule has 118 valence electrons. The van der Waals surface area contributed by atoms with E-state index in [1.165, 1.54) is 24.2 Å². The monoisotopic (exact) mass is 422 g/mol. The van der Waals surface area contributed by atoms with Gasteiger partial charge < -0.3 is 16.0 Å². The van der Waals surface area contributed by atoms with Gasteiger partial charge >= 0.3 is 0 Å². The number of nitrogens with one attached hydrogen (secondary N) is 3. The number of hydrogen-bond donors (Lipinski definition) is 3. The molecule has 0 aromatic carbocycles. The van der Waals surface area contributed by atoms with Crippen LogP contribution in [0.3, 0.4) is 0 Å². The minimum atomic E-state index is 0. The van der Waals surface area contributed by atoms with Gasteiger partial charge in [0.15, 0.2) is 5.96 Å². The number of rotatable bonds is 7. The topological polar surface area (TPSA) is 65.5 Å². The Balaban J connectivity index is 0.00000220. The summed E-state index contributed by atoms with van der Waals surface area (Å²) in [6.07, 6.45) is 3.32. The first kappa shape index (κ1) is 18.2. The third kappa shape index (κ3) is 7.12. The van der Waals surface area contributed by atoms with Crippen LogP contribution in [0.4, 0.5) is 0 Å². The second-order valence-electron chi connectivity index (χ2n) is 4.77. The van der Waals surface area contributed by atoms with Crippen LogP contribution in [0.5, 0.6) is 0 Å². The normalized spacial score (nSPS) is 14.2. The van der Waals surface area contributed by atoms with Crippen LogP contribution in [0, 0.1) is 0 Å². The van der Waals surface area contributed by atoms with Crippen molar-refractivity contribution in [2.24, 2.45) is 4.99 Å². The zero-order valence-electron chi connectivity index (χ0n) is 12.2. The highest BCUT2D eigenvalue weighted by molar-refractivity contribution is 14.0. The average molecular weight is 422 g/mol. The van der Waals surface area contributed by atoms with Gasteiger partial charge in [-0.2, -0.15) is 0 Å². The van der Waals surface area contributed by atoms with Crippen LogP contribution in [-0.2, 0) is 0 Å². The minimum absolute atomic E-state index is 0. The molecule has 1 fully saturated rings. The molecule has 0 bridgehead atoms. The lowest BCUT2D eigenvalue weighted by Crippen LogP contribution is -2.38. The molecule has 5 nitrogen and oxygen atoms in total. The number of guanidine groups is 1. The van der Waals surface area contributed by atoms with E-state index >= 15 is 0 Å². The first-order valence-corrected chi connectivity index (χ1v) is 8.04. The van der Waals surface area contributed by atoms with Gasteiger partial charge in [-0.25, -0.2) is 0 Å². The molecule has 1 aliphatic carbocycles. The maximum atomic E-state index is 11.7. The molecule has 1 heterocycles. The van der Waals surface area contributed by atoms with E-state index < -0.39 is 0 Å². The Morgan fingerprint density at radius 1 is 1.43 bits per heavy atom. The van der Waals surface area contributed by atoms with Gasteiger partial charge in [0.2, 0.25) is 0 Å². The van der Waals surface area contributed by atoms with Crippen LogP contribution in [-0.4, -0.2) is 37.5 Å². The van der Waals surface area contributed by atoms with Crippen LogP contribution in [0.1, 0.15) is 35.9 Å².